The second-order valence-corrected chi connectivity index (χ2v) is 8.77. The maximum Gasteiger partial charge on any atom is 0.235 e. The van der Waals surface area contributed by atoms with Crippen LogP contribution in [0.4, 0.5) is 5.95 Å². The fraction of sp³-hybridized carbons (Fsp3) is 0.526. The first-order chi connectivity index (χ1) is 13.1. The molecular weight excluding hydrogens is 382 g/mol. The number of halogens is 1. The van der Waals surface area contributed by atoms with Gasteiger partial charge in [-0.2, -0.15) is 0 Å². The van der Waals surface area contributed by atoms with Crippen LogP contribution in [0, 0.1) is 0 Å². The van der Waals surface area contributed by atoms with Crippen LogP contribution in [0.25, 0.3) is 5.69 Å². The lowest BCUT2D eigenvalue weighted by Crippen LogP contribution is -2.34. The molecule has 0 N–H and O–H groups in total. The quantitative estimate of drug-likeness (QED) is 0.711. The Morgan fingerprint density at radius 3 is 2.44 bits per heavy atom. The minimum absolute atomic E-state index is 0.175. The van der Waals surface area contributed by atoms with Gasteiger partial charge in [0.2, 0.25) is 11.9 Å². The number of amides is 1. The molecule has 2 saturated heterocycles. The number of hydrogen-bond acceptors (Lipinski definition) is 5. The predicted octanol–water partition coefficient (Wildman–Crippen LogP) is 3.62. The molecule has 1 aromatic heterocycles. The third-order valence-electron chi connectivity index (χ3n) is 5.15. The van der Waals surface area contributed by atoms with Crippen molar-refractivity contribution in [2.75, 3.05) is 31.1 Å². The molecule has 27 heavy (non-hydrogen) atoms. The molecule has 2 aliphatic heterocycles. The summed E-state index contributed by atoms with van der Waals surface area (Å²) in [5, 5.41) is 10.0. The molecule has 1 atom stereocenters. The number of hydrogen-bond donors (Lipinski definition) is 0. The Hall–Kier alpha value is -1.73. The summed E-state index contributed by atoms with van der Waals surface area (Å²) in [7, 11) is 0. The van der Waals surface area contributed by atoms with Crippen molar-refractivity contribution in [1.29, 1.82) is 0 Å². The van der Waals surface area contributed by atoms with E-state index in [-0.39, 0.29) is 11.2 Å². The van der Waals surface area contributed by atoms with Gasteiger partial charge < -0.3 is 9.80 Å². The highest BCUT2D eigenvalue weighted by atomic mass is 35.5. The Balaban J connectivity index is 1.66. The van der Waals surface area contributed by atoms with Gasteiger partial charge in [-0.1, -0.05) is 35.5 Å². The van der Waals surface area contributed by atoms with Crippen molar-refractivity contribution in [2.24, 2.45) is 0 Å². The van der Waals surface area contributed by atoms with Gasteiger partial charge in [0, 0.05) is 26.2 Å². The van der Waals surface area contributed by atoms with Crippen LogP contribution in [0.3, 0.4) is 0 Å². The molecule has 2 aliphatic rings. The van der Waals surface area contributed by atoms with E-state index < -0.39 is 0 Å². The number of benzene rings is 1. The van der Waals surface area contributed by atoms with E-state index in [0.29, 0.717) is 10.2 Å². The Morgan fingerprint density at radius 1 is 1.07 bits per heavy atom. The van der Waals surface area contributed by atoms with Crippen molar-refractivity contribution in [3.05, 3.63) is 29.3 Å². The highest BCUT2D eigenvalue weighted by Gasteiger charge is 2.28. The normalized spacial score (nSPS) is 18.3. The smallest absolute Gasteiger partial charge is 0.235 e. The summed E-state index contributed by atoms with van der Waals surface area (Å²) in [6.07, 6.45) is 4.50. The summed E-state index contributed by atoms with van der Waals surface area (Å²) in [6.45, 7) is 5.61. The Labute approximate surface area is 168 Å². The van der Waals surface area contributed by atoms with Gasteiger partial charge in [-0.15, -0.1) is 10.2 Å². The molecule has 2 fully saturated rings. The van der Waals surface area contributed by atoms with E-state index in [2.05, 4.69) is 15.1 Å². The molecular formula is C19H24ClN5OS. The van der Waals surface area contributed by atoms with Gasteiger partial charge in [-0.25, -0.2) is 0 Å². The monoisotopic (exact) mass is 405 g/mol. The molecule has 6 nitrogen and oxygen atoms in total. The predicted molar refractivity (Wildman–Crippen MR) is 109 cm³/mol. The zero-order chi connectivity index (χ0) is 18.8. The second-order valence-electron chi connectivity index (χ2n) is 7.06. The van der Waals surface area contributed by atoms with Crippen molar-refractivity contribution < 1.29 is 4.79 Å². The number of anilines is 1. The Bertz CT molecular complexity index is 814. The average molecular weight is 406 g/mol. The molecule has 1 unspecified atom stereocenters. The number of carbonyl (C=O) groups excluding carboxylic acids is 1. The van der Waals surface area contributed by atoms with Crippen LogP contribution >= 0.6 is 23.4 Å². The Morgan fingerprint density at radius 2 is 1.74 bits per heavy atom. The van der Waals surface area contributed by atoms with E-state index in [4.69, 9.17) is 11.6 Å². The van der Waals surface area contributed by atoms with Crippen molar-refractivity contribution >= 4 is 35.2 Å². The Kier molecular flexibility index (Phi) is 5.59. The van der Waals surface area contributed by atoms with Crippen LogP contribution < -0.4 is 4.90 Å². The highest BCUT2D eigenvalue weighted by molar-refractivity contribution is 8.00. The standard InChI is InChI=1S/C19H24ClN5OS/c1-14(17(26)23-10-4-5-11-23)27-19-22-21-18(24-12-6-7-13-24)25(19)16-9-3-2-8-15(16)20/h2-3,8-9,14H,4-7,10-13H2,1H3. The minimum atomic E-state index is -0.208. The van der Waals surface area contributed by atoms with E-state index in [0.717, 1.165) is 63.5 Å². The molecule has 2 aromatic rings. The van der Waals surface area contributed by atoms with Gasteiger partial charge in [0.25, 0.3) is 0 Å². The first-order valence-corrected chi connectivity index (χ1v) is 10.8. The molecule has 3 heterocycles. The molecule has 1 amide bonds. The second kappa shape index (κ2) is 8.10. The van der Waals surface area contributed by atoms with Gasteiger partial charge in [-0.05, 0) is 44.7 Å². The molecule has 1 aromatic carbocycles. The molecule has 0 bridgehead atoms. The van der Waals surface area contributed by atoms with Gasteiger partial charge in [0.15, 0.2) is 5.16 Å². The minimum Gasteiger partial charge on any atom is -0.342 e. The van der Waals surface area contributed by atoms with Crippen molar-refractivity contribution in [1.82, 2.24) is 19.7 Å². The fourth-order valence-corrected chi connectivity index (χ4v) is 4.87. The maximum absolute atomic E-state index is 12.7. The number of nitrogens with zero attached hydrogens (tertiary/aromatic N) is 5. The zero-order valence-electron chi connectivity index (χ0n) is 15.5. The number of para-hydroxylation sites is 1. The van der Waals surface area contributed by atoms with E-state index >= 15 is 0 Å². The molecule has 0 radical (unpaired) electrons. The summed E-state index contributed by atoms with van der Waals surface area (Å²) in [4.78, 5) is 16.9. The third kappa shape index (κ3) is 3.80. The summed E-state index contributed by atoms with van der Waals surface area (Å²) in [5.41, 5.74) is 0.856. The van der Waals surface area contributed by atoms with Gasteiger partial charge in [-0.3, -0.25) is 9.36 Å². The lowest BCUT2D eigenvalue weighted by molar-refractivity contribution is -0.129. The molecule has 144 valence electrons. The molecule has 0 aliphatic carbocycles. The van der Waals surface area contributed by atoms with Crippen molar-refractivity contribution in [3.8, 4) is 5.69 Å². The largest absolute Gasteiger partial charge is 0.342 e. The number of aromatic nitrogens is 3. The first kappa shape index (κ1) is 18.6. The average Bonchev–Trinajstić information content (AvgIpc) is 3.43. The zero-order valence-corrected chi connectivity index (χ0v) is 17.0. The van der Waals surface area contributed by atoms with Crippen LogP contribution in [0.1, 0.15) is 32.6 Å². The van der Waals surface area contributed by atoms with Crippen molar-refractivity contribution in [3.63, 3.8) is 0 Å². The van der Waals surface area contributed by atoms with E-state index in [1.165, 1.54) is 11.8 Å². The summed E-state index contributed by atoms with van der Waals surface area (Å²) in [5.74, 6) is 0.984. The van der Waals surface area contributed by atoms with Crippen LogP contribution in [0.2, 0.25) is 5.02 Å². The SMILES string of the molecule is CC(Sc1nnc(N2CCCC2)n1-c1ccccc1Cl)C(=O)N1CCCC1. The van der Waals surface area contributed by atoms with Crippen molar-refractivity contribution in [2.45, 2.75) is 43.0 Å². The third-order valence-corrected chi connectivity index (χ3v) is 6.50. The van der Waals surface area contributed by atoms with Gasteiger partial charge in [0.05, 0.1) is 16.0 Å². The lowest BCUT2D eigenvalue weighted by Gasteiger charge is -2.21. The lowest BCUT2D eigenvalue weighted by atomic mass is 10.3. The number of carbonyl (C=O) groups is 1. The highest BCUT2D eigenvalue weighted by Crippen LogP contribution is 2.34. The topological polar surface area (TPSA) is 54.3 Å². The fourth-order valence-electron chi connectivity index (χ4n) is 3.71. The van der Waals surface area contributed by atoms with E-state index in [1.54, 1.807) is 0 Å². The van der Waals surface area contributed by atoms with E-state index in [9.17, 15) is 4.79 Å². The molecule has 0 saturated carbocycles. The summed E-state index contributed by atoms with van der Waals surface area (Å²) >= 11 is 7.95. The van der Waals surface area contributed by atoms with Gasteiger partial charge in [0.1, 0.15) is 0 Å². The van der Waals surface area contributed by atoms with Crippen LogP contribution in [-0.4, -0.2) is 57.0 Å². The van der Waals surface area contributed by atoms with Crippen LogP contribution in [-0.2, 0) is 4.79 Å². The molecule has 0 spiro atoms. The van der Waals surface area contributed by atoms with Gasteiger partial charge >= 0.3 is 0 Å². The first-order valence-electron chi connectivity index (χ1n) is 9.56. The molecule has 4 rings (SSSR count). The number of rotatable bonds is 5. The summed E-state index contributed by atoms with van der Waals surface area (Å²) < 4.78 is 2.01. The van der Waals surface area contributed by atoms with Crippen LogP contribution in [0.5, 0.6) is 0 Å². The number of thioether (sulfide) groups is 1. The number of likely N-dealkylation sites (tertiary alicyclic amines) is 1. The summed E-state index contributed by atoms with van der Waals surface area (Å²) in [6, 6.07) is 7.72. The molecule has 8 heteroatoms. The van der Waals surface area contributed by atoms with E-state index in [1.807, 2.05) is 40.7 Å². The maximum atomic E-state index is 12.7. The van der Waals surface area contributed by atoms with Crippen LogP contribution in [0.15, 0.2) is 29.4 Å².